The molecule has 1 aromatic carbocycles. The minimum absolute atomic E-state index is 0.0250. The maximum Gasteiger partial charge on any atom is 0.255 e. The van der Waals surface area contributed by atoms with Crippen LogP contribution in [-0.4, -0.2) is 40.7 Å². The third kappa shape index (κ3) is 4.01. The summed E-state index contributed by atoms with van der Waals surface area (Å²) in [5.41, 5.74) is 2.70. The molecule has 0 saturated carbocycles. The smallest absolute Gasteiger partial charge is 0.255 e. The van der Waals surface area contributed by atoms with Gasteiger partial charge in [-0.25, -0.2) is 0 Å². The van der Waals surface area contributed by atoms with E-state index in [2.05, 4.69) is 35.4 Å². The van der Waals surface area contributed by atoms with Crippen molar-refractivity contribution in [2.24, 2.45) is 13.0 Å². The van der Waals surface area contributed by atoms with Gasteiger partial charge in [-0.2, -0.15) is 5.10 Å². The molecule has 4 rings (SSSR count). The molecule has 0 unspecified atom stereocenters. The molecule has 1 saturated heterocycles. The van der Waals surface area contributed by atoms with Gasteiger partial charge in [-0.05, 0) is 50.9 Å². The summed E-state index contributed by atoms with van der Waals surface area (Å²) in [6.07, 6.45) is 6.95. The number of hydrogen-bond donors (Lipinski definition) is 1. The van der Waals surface area contributed by atoms with Crippen LogP contribution in [0, 0.1) is 5.92 Å². The topological polar surface area (TPSA) is 63.3 Å². The highest BCUT2D eigenvalue weighted by molar-refractivity contribution is 6.07. The zero-order valence-electron chi connectivity index (χ0n) is 18.2. The van der Waals surface area contributed by atoms with Crippen LogP contribution in [0.3, 0.4) is 0 Å². The zero-order chi connectivity index (χ0) is 21.1. The summed E-state index contributed by atoms with van der Waals surface area (Å²) in [5.74, 6) is 1.13. The number of nitrogens with zero attached hydrogens (tertiary/aromatic N) is 3. The molecule has 6 heteroatoms. The Balaban J connectivity index is 1.55. The maximum absolute atomic E-state index is 13.3. The van der Waals surface area contributed by atoms with Crippen molar-refractivity contribution in [1.29, 1.82) is 0 Å². The number of nitrogens with one attached hydrogen (secondary N) is 1. The van der Waals surface area contributed by atoms with Crippen LogP contribution in [0.4, 0.5) is 0 Å². The van der Waals surface area contributed by atoms with Gasteiger partial charge < -0.3 is 9.73 Å². The lowest BCUT2D eigenvalue weighted by atomic mass is 9.87. The van der Waals surface area contributed by atoms with Crippen molar-refractivity contribution in [3.8, 4) is 0 Å². The molecule has 1 N–H and O–H groups in total. The van der Waals surface area contributed by atoms with E-state index in [0.29, 0.717) is 18.0 Å². The second kappa shape index (κ2) is 9.04. The molecule has 2 aromatic heterocycles. The molecule has 1 aliphatic rings. The van der Waals surface area contributed by atoms with Crippen molar-refractivity contribution < 1.29 is 9.21 Å². The van der Waals surface area contributed by atoms with E-state index in [1.165, 1.54) is 5.69 Å². The third-order valence-corrected chi connectivity index (χ3v) is 6.35. The van der Waals surface area contributed by atoms with Gasteiger partial charge in [0.2, 0.25) is 0 Å². The molecule has 0 spiro atoms. The van der Waals surface area contributed by atoms with E-state index in [1.54, 1.807) is 0 Å². The van der Waals surface area contributed by atoms with Gasteiger partial charge in [0, 0.05) is 31.6 Å². The van der Waals surface area contributed by atoms with Gasteiger partial charge >= 0.3 is 0 Å². The summed E-state index contributed by atoms with van der Waals surface area (Å²) in [4.78, 5) is 15.7. The molecule has 2 atom stereocenters. The third-order valence-electron chi connectivity index (χ3n) is 6.35. The Morgan fingerprint density at radius 1 is 1.27 bits per heavy atom. The molecule has 6 nitrogen and oxygen atoms in total. The Morgan fingerprint density at radius 3 is 2.87 bits per heavy atom. The predicted molar refractivity (Wildman–Crippen MR) is 118 cm³/mol. The number of para-hydroxylation sites is 1. The van der Waals surface area contributed by atoms with Gasteiger partial charge in [0.05, 0.1) is 17.3 Å². The first kappa shape index (κ1) is 20.7. The van der Waals surface area contributed by atoms with Gasteiger partial charge in [0.15, 0.2) is 0 Å². The van der Waals surface area contributed by atoms with Gasteiger partial charge in [0.25, 0.3) is 5.91 Å². The van der Waals surface area contributed by atoms with E-state index >= 15 is 0 Å². The number of carbonyl (C=O) groups excluding carboxylic acids is 1. The minimum Gasteiger partial charge on any atom is -0.460 e. The van der Waals surface area contributed by atoms with Crippen molar-refractivity contribution in [2.75, 3.05) is 20.1 Å². The number of furan rings is 1. The fourth-order valence-electron chi connectivity index (χ4n) is 4.79. The quantitative estimate of drug-likeness (QED) is 0.632. The van der Waals surface area contributed by atoms with E-state index in [0.717, 1.165) is 55.4 Å². The molecule has 160 valence electrons. The molecule has 3 heterocycles. The fourth-order valence-corrected chi connectivity index (χ4v) is 4.79. The second-order valence-corrected chi connectivity index (χ2v) is 8.42. The summed E-state index contributed by atoms with van der Waals surface area (Å²) >= 11 is 0. The summed E-state index contributed by atoms with van der Waals surface area (Å²) in [6, 6.07) is 10.2. The van der Waals surface area contributed by atoms with Crippen LogP contribution in [0.15, 0.2) is 40.9 Å². The number of hydrogen-bond acceptors (Lipinski definition) is 4. The van der Waals surface area contributed by atoms with E-state index in [1.807, 2.05) is 42.2 Å². The average molecular weight is 409 g/mol. The van der Waals surface area contributed by atoms with Crippen molar-refractivity contribution in [1.82, 2.24) is 20.0 Å². The zero-order valence-corrected chi connectivity index (χ0v) is 18.2. The maximum atomic E-state index is 13.3. The molecule has 30 heavy (non-hydrogen) atoms. The first-order valence-electron chi connectivity index (χ1n) is 11.1. The number of aromatic nitrogens is 2. The van der Waals surface area contributed by atoms with Gasteiger partial charge in [0.1, 0.15) is 11.3 Å². The Bertz CT molecular complexity index is 1010. The highest BCUT2D eigenvalue weighted by atomic mass is 16.3. The lowest BCUT2D eigenvalue weighted by molar-refractivity contribution is 0.0879. The van der Waals surface area contributed by atoms with Gasteiger partial charge in [-0.3, -0.25) is 14.4 Å². The van der Waals surface area contributed by atoms with Crippen LogP contribution in [0.1, 0.15) is 60.5 Å². The van der Waals surface area contributed by atoms with Crippen LogP contribution >= 0.6 is 0 Å². The van der Waals surface area contributed by atoms with Crippen LogP contribution in [0.25, 0.3) is 11.0 Å². The number of aryl methyl sites for hydroxylation is 2. The molecule has 1 amide bonds. The summed E-state index contributed by atoms with van der Waals surface area (Å²) in [5, 5.41) is 8.51. The minimum atomic E-state index is -0.0250. The normalized spacial score (nSPS) is 20.0. The Morgan fingerprint density at radius 2 is 2.10 bits per heavy atom. The molecule has 0 aliphatic carbocycles. The number of rotatable bonds is 7. The van der Waals surface area contributed by atoms with Crippen molar-refractivity contribution in [3.05, 3.63) is 53.5 Å². The number of likely N-dealkylation sites (tertiary alicyclic amines) is 1. The molecule has 0 radical (unpaired) electrons. The molecule has 1 aliphatic heterocycles. The monoisotopic (exact) mass is 408 g/mol. The van der Waals surface area contributed by atoms with E-state index in [4.69, 9.17) is 4.42 Å². The lowest BCUT2D eigenvalue weighted by Crippen LogP contribution is -2.42. The Labute approximate surface area is 178 Å². The van der Waals surface area contributed by atoms with Crippen molar-refractivity contribution >= 4 is 16.9 Å². The van der Waals surface area contributed by atoms with Crippen LogP contribution in [0.5, 0.6) is 0 Å². The van der Waals surface area contributed by atoms with Crippen LogP contribution < -0.4 is 5.32 Å². The van der Waals surface area contributed by atoms with E-state index in [-0.39, 0.29) is 11.9 Å². The summed E-state index contributed by atoms with van der Waals surface area (Å²) < 4.78 is 8.00. The number of amides is 1. The molecule has 0 bridgehead atoms. The van der Waals surface area contributed by atoms with Crippen LogP contribution in [0.2, 0.25) is 0 Å². The largest absolute Gasteiger partial charge is 0.460 e. The number of benzene rings is 1. The first-order valence-corrected chi connectivity index (χ1v) is 11.1. The molecular formula is C24H32N4O2. The van der Waals surface area contributed by atoms with Crippen molar-refractivity contribution in [2.45, 2.75) is 45.1 Å². The van der Waals surface area contributed by atoms with Gasteiger partial charge in [-0.15, -0.1) is 0 Å². The second-order valence-electron chi connectivity index (χ2n) is 8.42. The lowest BCUT2D eigenvalue weighted by Gasteiger charge is -2.39. The number of piperidine rings is 1. The molecule has 1 fully saturated rings. The molecular weight excluding hydrogens is 376 g/mol. The summed E-state index contributed by atoms with van der Waals surface area (Å²) in [7, 11) is 4.16. The van der Waals surface area contributed by atoms with E-state index < -0.39 is 0 Å². The van der Waals surface area contributed by atoms with E-state index in [9.17, 15) is 4.79 Å². The highest BCUT2D eigenvalue weighted by Crippen LogP contribution is 2.34. The van der Waals surface area contributed by atoms with Crippen molar-refractivity contribution in [3.63, 3.8) is 0 Å². The first-order chi connectivity index (χ1) is 14.6. The summed E-state index contributed by atoms with van der Waals surface area (Å²) in [6.45, 7) is 3.86. The average Bonchev–Trinajstić information content (AvgIpc) is 3.33. The SMILES string of the molecule is CCCCc1oc2ccccc2c1C(=O)NC[C@@H]1CCCN(C)[C@H]1c1ccnn1C. The van der Waals surface area contributed by atoms with Gasteiger partial charge in [-0.1, -0.05) is 31.5 Å². The predicted octanol–water partition coefficient (Wildman–Crippen LogP) is 4.32. The van der Waals surface area contributed by atoms with Crippen LogP contribution in [-0.2, 0) is 13.5 Å². The number of unbranched alkanes of at least 4 members (excludes halogenated alkanes) is 1. The number of carbonyl (C=O) groups is 1. The standard InChI is InChI=1S/C24H32N4O2/c1-4-5-11-21-22(18-10-6-7-12-20(18)30-21)24(29)25-16-17-9-8-15-27(2)23(17)19-13-14-26-28(19)3/h6-7,10,12-14,17,23H,4-5,8-9,11,15-16H2,1-3H3,(H,25,29)/t17-,23+/m0/s1. The Hall–Kier alpha value is -2.60. The Kier molecular flexibility index (Phi) is 6.23. The number of fused-ring (bicyclic) bond motifs is 1. The highest BCUT2D eigenvalue weighted by Gasteiger charge is 2.33. The molecule has 3 aromatic rings. The fraction of sp³-hybridized carbons (Fsp3) is 0.500.